The molecule has 1 fully saturated rings. The number of amides is 1. The number of anilines is 3. The number of benzene rings is 1. The number of hydrogen-bond acceptors (Lipinski definition) is 5. The van der Waals surface area contributed by atoms with Crippen LogP contribution < -0.4 is 10.2 Å². The summed E-state index contributed by atoms with van der Waals surface area (Å²) in [4.78, 5) is 23.1. The number of carbonyl (C=O) groups is 1. The summed E-state index contributed by atoms with van der Waals surface area (Å²) in [5.41, 5.74) is 0.554. The smallest absolute Gasteiger partial charge is 0.329 e. The molecular weight excluding hydrogens is 377 g/mol. The van der Waals surface area contributed by atoms with E-state index < -0.39 is 11.7 Å². The molecule has 9 heteroatoms. The summed E-state index contributed by atoms with van der Waals surface area (Å²) in [6.45, 7) is 0. The number of halogens is 3. The summed E-state index contributed by atoms with van der Waals surface area (Å²) < 4.78 is 38.1. The molecule has 1 aliphatic rings. The van der Waals surface area contributed by atoms with Crippen molar-refractivity contribution in [2.75, 3.05) is 17.3 Å². The van der Waals surface area contributed by atoms with Crippen molar-refractivity contribution in [1.29, 1.82) is 0 Å². The Morgan fingerprint density at radius 1 is 1.15 bits per heavy atom. The van der Waals surface area contributed by atoms with Crippen molar-refractivity contribution in [2.24, 2.45) is 5.92 Å². The lowest BCUT2D eigenvalue weighted by atomic mass is 10.2. The Labute approximate surface area is 156 Å². The lowest BCUT2D eigenvalue weighted by molar-refractivity contribution is -0.137. The third-order valence-corrected chi connectivity index (χ3v) is 5.23. The number of aromatic nitrogens is 2. The predicted molar refractivity (Wildman–Crippen MR) is 98.3 cm³/mol. The van der Waals surface area contributed by atoms with Crippen LogP contribution in [0.15, 0.2) is 36.4 Å². The fourth-order valence-corrected chi connectivity index (χ4v) is 3.44. The van der Waals surface area contributed by atoms with Gasteiger partial charge in [-0.1, -0.05) is 11.3 Å². The highest BCUT2D eigenvalue weighted by Gasteiger charge is 2.31. The van der Waals surface area contributed by atoms with Crippen LogP contribution in [0.1, 0.15) is 18.4 Å². The molecule has 2 heterocycles. The Kier molecular flexibility index (Phi) is 4.26. The van der Waals surface area contributed by atoms with Gasteiger partial charge in [-0.2, -0.15) is 13.2 Å². The maximum Gasteiger partial charge on any atom is 0.416 e. The Balaban J connectivity index is 1.56. The van der Waals surface area contributed by atoms with E-state index in [1.807, 2.05) is 0 Å². The summed E-state index contributed by atoms with van der Waals surface area (Å²) in [5, 5.41) is 3.31. The molecule has 0 radical (unpaired) electrons. The Morgan fingerprint density at radius 3 is 2.48 bits per heavy atom. The molecule has 1 amide bonds. The maximum absolute atomic E-state index is 12.7. The number of fused-ring (bicyclic) bond motifs is 1. The van der Waals surface area contributed by atoms with Gasteiger partial charge in [0.2, 0.25) is 5.91 Å². The molecule has 0 spiro atoms. The monoisotopic (exact) mass is 392 g/mol. The molecule has 1 N–H and O–H groups in total. The van der Waals surface area contributed by atoms with E-state index in [1.165, 1.54) is 23.5 Å². The summed E-state index contributed by atoms with van der Waals surface area (Å²) in [6.07, 6.45) is -2.54. The van der Waals surface area contributed by atoms with Gasteiger partial charge in [-0.05, 0) is 49.2 Å². The molecule has 3 aromatic rings. The van der Waals surface area contributed by atoms with Gasteiger partial charge in [-0.15, -0.1) is 0 Å². The second kappa shape index (κ2) is 6.49. The van der Waals surface area contributed by atoms with E-state index in [0.29, 0.717) is 27.0 Å². The van der Waals surface area contributed by atoms with Gasteiger partial charge in [-0.3, -0.25) is 4.79 Å². The van der Waals surface area contributed by atoms with Crippen LogP contribution >= 0.6 is 11.3 Å². The number of rotatable bonds is 4. The molecule has 140 valence electrons. The largest absolute Gasteiger partial charge is 0.416 e. The van der Waals surface area contributed by atoms with Crippen molar-refractivity contribution < 1.29 is 18.0 Å². The third-order valence-electron chi connectivity index (χ3n) is 4.34. The molecule has 4 rings (SSSR count). The highest BCUT2D eigenvalue weighted by atomic mass is 32.1. The number of carbonyl (C=O) groups excluding carboxylic acids is 1. The van der Waals surface area contributed by atoms with Crippen LogP contribution in [0, 0.1) is 5.92 Å². The lowest BCUT2D eigenvalue weighted by Gasteiger charge is -2.18. The Morgan fingerprint density at radius 2 is 1.85 bits per heavy atom. The van der Waals surface area contributed by atoms with E-state index in [0.717, 1.165) is 25.0 Å². The topological polar surface area (TPSA) is 58.1 Å². The van der Waals surface area contributed by atoms with Crippen LogP contribution in [0.2, 0.25) is 0 Å². The first kappa shape index (κ1) is 17.7. The maximum atomic E-state index is 12.7. The molecule has 0 unspecified atom stereocenters. The predicted octanol–water partition coefficient (Wildman–Crippen LogP) is 4.83. The Hall–Kier alpha value is -2.68. The molecule has 1 aliphatic carbocycles. The number of nitrogens with zero attached hydrogens (tertiary/aromatic N) is 3. The second-order valence-corrected chi connectivity index (χ2v) is 7.36. The van der Waals surface area contributed by atoms with Gasteiger partial charge in [-0.25, -0.2) is 9.97 Å². The van der Waals surface area contributed by atoms with Crippen molar-refractivity contribution >= 4 is 44.2 Å². The van der Waals surface area contributed by atoms with Crippen LogP contribution in [-0.4, -0.2) is 22.9 Å². The lowest BCUT2D eigenvalue weighted by Crippen LogP contribution is -2.12. The quantitative estimate of drug-likeness (QED) is 0.691. The Bertz CT molecular complexity index is 996. The summed E-state index contributed by atoms with van der Waals surface area (Å²) in [5.74, 6) is 0.647. The molecule has 0 saturated heterocycles. The SMILES string of the molecule is CN(c1ccc(C(F)(F)F)cc1)c1ccc2nc(NC(=O)C3CC3)sc2n1. The van der Waals surface area contributed by atoms with E-state index in [4.69, 9.17) is 0 Å². The van der Waals surface area contributed by atoms with Gasteiger partial charge in [0, 0.05) is 18.7 Å². The van der Waals surface area contributed by atoms with Crippen molar-refractivity contribution in [1.82, 2.24) is 9.97 Å². The minimum absolute atomic E-state index is 0.0175. The van der Waals surface area contributed by atoms with Crippen LogP contribution in [0.25, 0.3) is 10.3 Å². The van der Waals surface area contributed by atoms with Gasteiger partial charge in [0.1, 0.15) is 16.2 Å². The first-order valence-electron chi connectivity index (χ1n) is 8.31. The standard InChI is InChI=1S/C18H15F3N4OS/c1-25(12-6-4-11(5-7-12)18(19,20)21)14-9-8-13-16(23-14)27-17(22-13)24-15(26)10-2-3-10/h4-10H,2-3H2,1H3,(H,22,24,26). The fourth-order valence-electron chi connectivity index (χ4n) is 2.61. The van der Waals surface area contributed by atoms with E-state index in [1.54, 1.807) is 24.1 Å². The molecule has 27 heavy (non-hydrogen) atoms. The number of alkyl halides is 3. The molecule has 0 aliphatic heterocycles. The molecule has 0 bridgehead atoms. The first-order valence-corrected chi connectivity index (χ1v) is 9.12. The highest BCUT2D eigenvalue weighted by molar-refractivity contribution is 7.22. The molecular formula is C18H15F3N4OS. The molecule has 0 atom stereocenters. The van der Waals surface area contributed by atoms with E-state index in [2.05, 4.69) is 15.3 Å². The van der Waals surface area contributed by atoms with Crippen molar-refractivity contribution in [3.8, 4) is 0 Å². The molecule has 1 aromatic carbocycles. The average molecular weight is 392 g/mol. The average Bonchev–Trinajstić information content (AvgIpc) is 3.41. The highest BCUT2D eigenvalue weighted by Crippen LogP contribution is 2.34. The summed E-state index contributed by atoms with van der Waals surface area (Å²) in [7, 11) is 1.73. The third kappa shape index (κ3) is 3.73. The molecule has 5 nitrogen and oxygen atoms in total. The number of thiazole rings is 1. The zero-order chi connectivity index (χ0) is 19.2. The van der Waals surface area contributed by atoms with Crippen molar-refractivity contribution in [3.63, 3.8) is 0 Å². The number of pyridine rings is 1. The zero-order valence-electron chi connectivity index (χ0n) is 14.2. The molecule has 2 aromatic heterocycles. The van der Waals surface area contributed by atoms with Gasteiger partial charge in [0.25, 0.3) is 0 Å². The normalized spacial score (nSPS) is 14.4. The van der Waals surface area contributed by atoms with Gasteiger partial charge >= 0.3 is 6.18 Å². The molecule has 1 saturated carbocycles. The minimum Gasteiger partial charge on any atom is -0.329 e. The first-order chi connectivity index (χ1) is 12.8. The van der Waals surface area contributed by atoms with Gasteiger partial charge < -0.3 is 10.2 Å². The van der Waals surface area contributed by atoms with E-state index >= 15 is 0 Å². The van der Waals surface area contributed by atoms with Crippen LogP contribution in [0.4, 0.5) is 29.8 Å². The van der Waals surface area contributed by atoms with Crippen LogP contribution in [-0.2, 0) is 11.0 Å². The van der Waals surface area contributed by atoms with Crippen LogP contribution in [0.5, 0.6) is 0 Å². The van der Waals surface area contributed by atoms with Crippen molar-refractivity contribution in [3.05, 3.63) is 42.0 Å². The summed E-state index contributed by atoms with van der Waals surface area (Å²) in [6, 6.07) is 8.42. The van der Waals surface area contributed by atoms with Crippen molar-refractivity contribution in [2.45, 2.75) is 19.0 Å². The fraction of sp³-hybridized carbons (Fsp3) is 0.278. The summed E-state index contributed by atoms with van der Waals surface area (Å²) >= 11 is 1.27. The zero-order valence-corrected chi connectivity index (χ0v) is 15.1. The minimum atomic E-state index is -4.36. The number of nitrogens with one attached hydrogen (secondary N) is 1. The number of hydrogen-bond donors (Lipinski definition) is 1. The van der Waals surface area contributed by atoms with E-state index in [-0.39, 0.29) is 11.8 Å². The van der Waals surface area contributed by atoms with Gasteiger partial charge in [0.15, 0.2) is 5.13 Å². The van der Waals surface area contributed by atoms with Gasteiger partial charge in [0.05, 0.1) is 5.56 Å². The van der Waals surface area contributed by atoms with E-state index in [9.17, 15) is 18.0 Å². The van der Waals surface area contributed by atoms with Crippen LogP contribution in [0.3, 0.4) is 0 Å². The second-order valence-electron chi connectivity index (χ2n) is 6.38.